The summed E-state index contributed by atoms with van der Waals surface area (Å²) in [6.07, 6.45) is 0.778. The van der Waals surface area contributed by atoms with E-state index in [0.717, 1.165) is 15.6 Å². The summed E-state index contributed by atoms with van der Waals surface area (Å²) in [7, 11) is 0. The summed E-state index contributed by atoms with van der Waals surface area (Å²) in [4.78, 5) is 0. The first-order chi connectivity index (χ1) is 9.49. The first-order valence-corrected chi connectivity index (χ1v) is 7.55. The van der Waals surface area contributed by atoms with Crippen molar-refractivity contribution in [3.8, 4) is 0 Å². The molecule has 106 valence electrons. The van der Waals surface area contributed by atoms with E-state index >= 15 is 0 Å². The van der Waals surface area contributed by atoms with E-state index in [1.807, 2.05) is 0 Å². The Morgan fingerprint density at radius 1 is 1.15 bits per heavy atom. The number of nitrogens with two attached hydrogens (primary N) is 1. The molecule has 1 unspecified atom stereocenters. The zero-order valence-electron chi connectivity index (χ0n) is 11.6. The molecule has 0 aliphatic heterocycles. The Balaban J connectivity index is 2.28. The quantitative estimate of drug-likeness (QED) is 0.478. The number of benzene rings is 2. The number of hydrazine groups is 1. The highest BCUT2D eigenvalue weighted by atomic mass is 127. The highest BCUT2D eigenvalue weighted by Crippen LogP contribution is 2.24. The first-order valence-electron chi connectivity index (χ1n) is 6.48. The molecule has 2 aromatic carbocycles. The van der Waals surface area contributed by atoms with E-state index in [0.29, 0.717) is 0 Å². The maximum atomic E-state index is 13.2. The van der Waals surface area contributed by atoms with Gasteiger partial charge in [0.2, 0.25) is 0 Å². The fourth-order valence-electron chi connectivity index (χ4n) is 2.47. The Bertz CT molecular complexity index is 593. The molecule has 0 radical (unpaired) electrons. The Kier molecular flexibility index (Phi) is 5.12. The van der Waals surface area contributed by atoms with Crippen molar-refractivity contribution in [2.75, 3.05) is 0 Å². The van der Waals surface area contributed by atoms with Gasteiger partial charge in [0, 0.05) is 3.57 Å². The third-order valence-electron chi connectivity index (χ3n) is 3.26. The maximum Gasteiger partial charge on any atom is 0.124 e. The molecule has 0 saturated heterocycles. The highest BCUT2D eigenvalue weighted by molar-refractivity contribution is 14.1. The zero-order valence-corrected chi connectivity index (χ0v) is 13.7. The molecule has 4 heteroatoms. The van der Waals surface area contributed by atoms with Gasteiger partial charge in [-0.15, -0.1) is 0 Å². The van der Waals surface area contributed by atoms with Gasteiger partial charge in [-0.05, 0) is 66.1 Å². The Hall–Kier alpha value is -0.980. The van der Waals surface area contributed by atoms with Crippen LogP contribution in [0.3, 0.4) is 0 Å². The molecular formula is C16H18FIN2. The van der Waals surface area contributed by atoms with Gasteiger partial charge in [0.25, 0.3) is 0 Å². The largest absolute Gasteiger partial charge is 0.271 e. The smallest absolute Gasteiger partial charge is 0.124 e. The normalized spacial score (nSPS) is 12.4. The van der Waals surface area contributed by atoms with E-state index in [4.69, 9.17) is 5.84 Å². The van der Waals surface area contributed by atoms with Crippen molar-refractivity contribution in [2.24, 2.45) is 5.84 Å². The monoisotopic (exact) mass is 384 g/mol. The van der Waals surface area contributed by atoms with Crippen LogP contribution >= 0.6 is 22.6 Å². The molecule has 20 heavy (non-hydrogen) atoms. The number of hydrogen-bond acceptors (Lipinski definition) is 2. The summed E-state index contributed by atoms with van der Waals surface area (Å²) in [5.74, 6) is 5.47. The molecule has 0 amide bonds. The fourth-order valence-corrected chi connectivity index (χ4v) is 3.32. The lowest BCUT2D eigenvalue weighted by atomic mass is 9.97. The lowest BCUT2D eigenvalue weighted by Gasteiger charge is -2.18. The SMILES string of the molecule is Cc1cc(C)cc(CC(NN)c2ccc(F)cc2I)c1. The van der Waals surface area contributed by atoms with Gasteiger partial charge in [0.15, 0.2) is 0 Å². The molecule has 2 nitrogen and oxygen atoms in total. The van der Waals surface area contributed by atoms with Gasteiger partial charge in [-0.2, -0.15) is 0 Å². The lowest BCUT2D eigenvalue weighted by Crippen LogP contribution is -2.30. The Labute approximate surface area is 132 Å². The molecule has 3 N–H and O–H groups in total. The number of hydrogen-bond donors (Lipinski definition) is 2. The number of halogens is 2. The molecule has 2 aromatic rings. The van der Waals surface area contributed by atoms with Crippen LogP contribution in [0.15, 0.2) is 36.4 Å². The minimum absolute atomic E-state index is 0.0244. The van der Waals surface area contributed by atoms with Crippen molar-refractivity contribution in [3.63, 3.8) is 0 Å². The molecule has 0 saturated carbocycles. The molecule has 0 fully saturated rings. The van der Waals surface area contributed by atoms with Gasteiger partial charge >= 0.3 is 0 Å². The van der Waals surface area contributed by atoms with Crippen LogP contribution in [0.5, 0.6) is 0 Å². The minimum atomic E-state index is -0.222. The third kappa shape index (κ3) is 3.77. The first kappa shape index (κ1) is 15.4. The molecule has 0 aliphatic carbocycles. The topological polar surface area (TPSA) is 38.0 Å². The average molecular weight is 384 g/mol. The Morgan fingerprint density at radius 3 is 2.35 bits per heavy atom. The van der Waals surface area contributed by atoms with Crippen LogP contribution in [0.25, 0.3) is 0 Å². The predicted molar refractivity (Wildman–Crippen MR) is 88.8 cm³/mol. The molecule has 0 aromatic heterocycles. The molecule has 0 spiro atoms. The van der Waals surface area contributed by atoms with Crippen LogP contribution in [0.1, 0.15) is 28.3 Å². The fraction of sp³-hybridized carbons (Fsp3) is 0.250. The van der Waals surface area contributed by atoms with Crippen LogP contribution < -0.4 is 11.3 Å². The van der Waals surface area contributed by atoms with Crippen LogP contribution in [-0.2, 0) is 6.42 Å². The van der Waals surface area contributed by atoms with Crippen molar-refractivity contribution in [1.29, 1.82) is 0 Å². The van der Waals surface area contributed by atoms with Gasteiger partial charge in [-0.1, -0.05) is 35.4 Å². The molecular weight excluding hydrogens is 366 g/mol. The molecule has 0 aliphatic rings. The van der Waals surface area contributed by atoms with Crippen molar-refractivity contribution in [3.05, 3.63) is 68.0 Å². The summed E-state index contributed by atoms with van der Waals surface area (Å²) in [5, 5.41) is 0. The second-order valence-electron chi connectivity index (χ2n) is 5.09. The van der Waals surface area contributed by atoms with Crippen LogP contribution in [0, 0.1) is 23.2 Å². The summed E-state index contributed by atoms with van der Waals surface area (Å²) < 4.78 is 14.1. The second kappa shape index (κ2) is 6.65. The van der Waals surface area contributed by atoms with E-state index < -0.39 is 0 Å². The minimum Gasteiger partial charge on any atom is -0.271 e. The number of nitrogens with one attached hydrogen (secondary N) is 1. The highest BCUT2D eigenvalue weighted by Gasteiger charge is 2.14. The van der Waals surface area contributed by atoms with Gasteiger partial charge < -0.3 is 0 Å². The molecule has 2 rings (SSSR count). The van der Waals surface area contributed by atoms with E-state index in [1.165, 1.54) is 28.8 Å². The van der Waals surface area contributed by atoms with E-state index in [9.17, 15) is 4.39 Å². The lowest BCUT2D eigenvalue weighted by molar-refractivity contribution is 0.546. The van der Waals surface area contributed by atoms with Crippen LogP contribution in [0.2, 0.25) is 0 Å². The van der Waals surface area contributed by atoms with Gasteiger partial charge in [-0.3, -0.25) is 11.3 Å². The molecule has 0 heterocycles. The maximum absolute atomic E-state index is 13.2. The van der Waals surface area contributed by atoms with Crippen molar-refractivity contribution in [1.82, 2.24) is 5.43 Å². The number of rotatable bonds is 4. The molecule has 1 atom stereocenters. The van der Waals surface area contributed by atoms with Crippen molar-refractivity contribution < 1.29 is 4.39 Å². The van der Waals surface area contributed by atoms with Crippen molar-refractivity contribution in [2.45, 2.75) is 26.3 Å². The standard InChI is InChI=1S/C16H18FIN2/c1-10-5-11(2)7-12(6-10)8-16(20-19)14-4-3-13(17)9-15(14)18/h3-7,9,16,20H,8,19H2,1-2H3. The van der Waals surface area contributed by atoms with E-state index in [-0.39, 0.29) is 11.9 Å². The summed E-state index contributed by atoms with van der Waals surface area (Å²) in [5.41, 5.74) is 7.57. The second-order valence-corrected chi connectivity index (χ2v) is 6.25. The summed E-state index contributed by atoms with van der Waals surface area (Å²) in [6, 6.07) is 11.2. The van der Waals surface area contributed by atoms with Gasteiger partial charge in [0.1, 0.15) is 5.82 Å². The average Bonchev–Trinajstić information content (AvgIpc) is 2.35. The third-order valence-corrected chi connectivity index (χ3v) is 4.19. The van der Waals surface area contributed by atoms with Crippen molar-refractivity contribution >= 4 is 22.6 Å². The summed E-state index contributed by atoms with van der Waals surface area (Å²) >= 11 is 2.15. The van der Waals surface area contributed by atoms with E-state index in [2.05, 4.69) is 60.1 Å². The van der Waals surface area contributed by atoms with Crippen LogP contribution in [-0.4, -0.2) is 0 Å². The van der Waals surface area contributed by atoms with Crippen LogP contribution in [0.4, 0.5) is 4.39 Å². The number of aryl methyl sites for hydroxylation is 2. The zero-order chi connectivity index (χ0) is 14.7. The summed E-state index contributed by atoms with van der Waals surface area (Å²) in [6.45, 7) is 4.17. The van der Waals surface area contributed by atoms with Gasteiger partial charge in [0.05, 0.1) is 6.04 Å². The predicted octanol–water partition coefficient (Wildman–Crippen LogP) is 3.79. The van der Waals surface area contributed by atoms with E-state index in [1.54, 1.807) is 6.07 Å². The Morgan fingerprint density at radius 2 is 1.80 bits per heavy atom. The van der Waals surface area contributed by atoms with Gasteiger partial charge in [-0.25, -0.2) is 4.39 Å². The molecule has 0 bridgehead atoms.